The maximum Gasteiger partial charge on any atom is 0.254 e. The number of hydrogen-bond acceptors (Lipinski definition) is 3. The monoisotopic (exact) mass is 415 g/mol. The number of likely N-dealkylation sites (tertiary alicyclic amines) is 1. The van der Waals surface area contributed by atoms with Crippen LogP contribution in [-0.4, -0.2) is 44.1 Å². The van der Waals surface area contributed by atoms with Gasteiger partial charge in [0.25, 0.3) is 5.91 Å². The molecular formula is C25H29N5O. The van der Waals surface area contributed by atoms with E-state index in [0.29, 0.717) is 6.54 Å². The lowest BCUT2D eigenvalue weighted by Crippen LogP contribution is -2.45. The van der Waals surface area contributed by atoms with Gasteiger partial charge in [0.2, 0.25) is 0 Å². The fourth-order valence-corrected chi connectivity index (χ4v) is 4.90. The number of aromatic nitrogens is 3. The molecule has 1 aliphatic heterocycles. The van der Waals surface area contributed by atoms with Crippen molar-refractivity contribution in [3.05, 3.63) is 53.6 Å². The van der Waals surface area contributed by atoms with Gasteiger partial charge in [0.05, 0.1) is 16.7 Å². The smallest absolute Gasteiger partial charge is 0.254 e. The first-order valence-corrected chi connectivity index (χ1v) is 11.1. The Morgan fingerprint density at radius 1 is 1.19 bits per heavy atom. The minimum atomic E-state index is 0.0597. The lowest BCUT2D eigenvalue weighted by Gasteiger charge is -2.31. The van der Waals surface area contributed by atoms with Gasteiger partial charge in [-0.3, -0.25) is 4.79 Å². The van der Waals surface area contributed by atoms with E-state index >= 15 is 0 Å². The molecule has 0 spiro atoms. The zero-order valence-electron chi connectivity index (χ0n) is 18.4. The SMILES string of the molecule is CCn1c(-c2nc3cc(C(=O)N4CCC[C@@H](N)C4)c(C)cc3n2C)cc2ccccc21. The van der Waals surface area contributed by atoms with Crippen LogP contribution in [0.2, 0.25) is 0 Å². The number of benzene rings is 2. The number of carbonyl (C=O) groups is 1. The Morgan fingerprint density at radius 3 is 2.77 bits per heavy atom. The minimum Gasteiger partial charge on any atom is -0.338 e. The minimum absolute atomic E-state index is 0.0597. The summed E-state index contributed by atoms with van der Waals surface area (Å²) in [5, 5.41) is 1.21. The van der Waals surface area contributed by atoms with Gasteiger partial charge >= 0.3 is 0 Å². The number of carbonyl (C=O) groups excluding carboxylic acids is 1. The summed E-state index contributed by atoms with van der Waals surface area (Å²) in [6.45, 7) is 6.42. The molecular weight excluding hydrogens is 386 g/mol. The number of fused-ring (bicyclic) bond motifs is 2. The summed E-state index contributed by atoms with van der Waals surface area (Å²) in [6, 6.07) is 14.7. The van der Waals surface area contributed by atoms with Crippen LogP contribution in [0.3, 0.4) is 0 Å². The number of nitrogens with two attached hydrogens (primary N) is 1. The summed E-state index contributed by atoms with van der Waals surface area (Å²) in [5.41, 5.74) is 12.0. The van der Waals surface area contributed by atoms with Crippen molar-refractivity contribution in [3.8, 4) is 11.5 Å². The number of rotatable bonds is 3. The van der Waals surface area contributed by atoms with Crippen molar-refractivity contribution in [2.45, 2.75) is 39.3 Å². The van der Waals surface area contributed by atoms with Crippen LogP contribution in [0.15, 0.2) is 42.5 Å². The molecule has 0 bridgehead atoms. The van der Waals surface area contributed by atoms with E-state index < -0.39 is 0 Å². The van der Waals surface area contributed by atoms with Crippen LogP contribution in [0.1, 0.15) is 35.7 Å². The zero-order chi connectivity index (χ0) is 21.7. The second-order valence-corrected chi connectivity index (χ2v) is 8.64. The van der Waals surface area contributed by atoms with Gasteiger partial charge in [0.1, 0.15) is 0 Å². The first kappa shape index (κ1) is 19.8. The van der Waals surface area contributed by atoms with E-state index in [-0.39, 0.29) is 11.9 Å². The van der Waals surface area contributed by atoms with Crippen LogP contribution in [0, 0.1) is 6.92 Å². The van der Waals surface area contributed by atoms with Crippen molar-refractivity contribution in [1.29, 1.82) is 0 Å². The van der Waals surface area contributed by atoms with Crippen LogP contribution < -0.4 is 5.73 Å². The second-order valence-electron chi connectivity index (χ2n) is 8.64. The maximum absolute atomic E-state index is 13.2. The summed E-state index contributed by atoms with van der Waals surface area (Å²) in [5.74, 6) is 0.974. The molecule has 5 rings (SSSR count). The molecule has 6 nitrogen and oxygen atoms in total. The van der Waals surface area contributed by atoms with Crippen molar-refractivity contribution in [2.75, 3.05) is 13.1 Å². The quantitative estimate of drug-likeness (QED) is 0.548. The number of imidazole rings is 1. The molecule has 1 saturated heterocycles. The topological polar surface area (TPSA) is 69.1 Å². The summed E-state index contributed by atoms with van der Waals surface area (Å²) >= 11 is 0. The highest BCUT2D eigenvalue weighted by molar-refractivity contribution is 5.99. The fraction of sp³-hybridized carbons (Fsp3) is 0.360. The van der Waals surface area contributed by atoms with Gasteiger partial charge < -0.3 is 19.8 Å². The van der Waals surface area contributed by atoms with Crippen LogP contribution in [0.4, 0.5) is 0 Å². The molecule has 1 aliphatic rings. The number of nitrogens with zero attached hydrogens (tertiary/aromatic N) is 4. The van der Waals surface area contributed by atoms with E-state index in [1.165, 1.54) is 10.9 Å². The summed E-state index contributed by atoms with van der Waals surface area (Å²) < 4.78 is 4.43. The van der Waals surface area contributed by atoms with E-state index in [4.69, 9.17) is 10.7 Å². The summed E-state index contributed by atoms with van der Waals surface area (Å²) in [4.78, 5) is 20.1. The van der Waals surface area contributed by atoms with E-state index in [1.54, 1.807) is 0 Å². The third-order valence-corrected chi connectivity index (χ3v) is 6.56. The standard InChI is InChI=1S/C25H29N5O/c1-4-30-21-10-6-5-8-17(21)13-23(30)24-27-20-14-19(16(2)12-22(20)28(24)3)25(31)29-11-7-9-18(26)15-29/h5-6,8,10,12-14,18H,4,7,9,11,15,26H2,1-3H3/t18-/m1/s1. The lowest BCUT2D eigenvalue weighted by molar-refractivity contribution is 0.0708. The van der Waals surface area contributed by atoms with E-state index in [0.717, 1.165) is 59.6 Å². The van der Waals surface area contributed by atoms with Crippen LogP contribution >= 0.6 is 0 Å². The third kappa shape index (κ3) is 3.22. The first-order valence-electron chi connectivity index (χ1n) is 11.1. The number of piperidine rings is 1. The van der Waals surface area contributed by atoms with E-state index in [1.807, 2.05) is 24.9 Å². The maximum atomic E-state index is 13.2. The molecule has 3 heterocycles. The number of para-hydroxylation sites is 1. The second kappa shape index (κ2) is 7.54. The third-order valence-electron chi connectivity index (χ3n) is 6.56. The van der Waals surface area contributed by atoms with Crippen LogP contribution in [-0.2, 0) is 13.6 Å². The number of amides is 1. The molecule has 4 aromatic rings. The molecule has 0 saturated carbocycles. The Balaban J connectivity index is 1.61. The molecule has 0 aliphatic carbocycles. The Morgan fingerprint density at radius 2 is 2.00 bits per heavy atom. The largest absolute Gasteiger partial charge is 0.338 e. The number of aryl methyl sites for hydroxylation is 3. The molecule has 31 heavy (non-hydrogen) atoms. The van der Waals surface area contributed by atoms with Crippen molar-refractivity contribution < 1.29 is 4.79 Å². The van der Waals surface area contributed by atoms with Gasteiger partial charge in [-0.25, -0.2) is 4.98 Å². The highest BCUT2D eigenvalue weighted by Gasteiger charge is 2.25. The first-order chi connectivity index (χ1) is 15.0. The van der Waals surface area contributed by atoms with E-state index in [2.05, 4.69) is 52.5 Å². The number of hydrogen-bond donors (Lipinski definition) is 1. The molecule has 0 unspecified atom stereocenters. The van der Waals surface area contributed by atoms with Gasteiger partial charge in [0, 0.05) is 49.2 Å². The van der Waals surface area contributed by atoms with Gasteiger partial charge in [-0.05, 0) is 56.5 Å². The summed E-state index contributed by atoms with van der Waals surface area (Å²) in [6.07, 6.45) is 1.94. The van der Waals surface area contributed by atoms with Gasteiger partial charge in [-0.15, -0.1) is 0 Å². The van der Waals surface area contributed by atoms with E-state index in [9.17, 15) is 4.79 Å². The molecule has 6 heteroatoms. The van der Waals surface area contributed by atoms with Crippen LogP contribution in [0.5, 0.6) is 0 Å². The molecule has 1 fully saturated rings. The molecule has 160 valence electrons. The molecule has 1 atom stereocenters. The molecule has 2 N–H and O–H groups in total. The highest BCUT2D eigenvalue weighted by atomic mass is 16.2. The summed E-state index contributed by atoms with van der Waals surface area (Å²) in [7, 11) is 2.05. The van der Waals surface area contributed by atoms with Crippen molar-refractivity contribution in [2.24, 2.45) is 12.8 Å². The highest BCUT2D eigenvalue weighted by Crippen LogP contribution is 2.31. The van der Waals surface area contributed by atoms with Gasteiger partial charge in [-0.1, -0.05) is 18.2 Å². The van der Waals surface area contributed by atoms with Crippen molar-refractivity contribution in [1.82, 2.24) is 19.0 Å². The predicted molar refractivity (Wildman–Crippen MR) is 125 cm³/mol. The van der Waals surface area contributed by atoms with Gasteiger partial charge in [0.15, 0.2) is 5.82 Å². The molecule has 0 radical (unpaired) electrons. The Labute approximate surface area is 182 Å². The Kier molecular flexibility index (Phi) is 4.82. The Bertz CT molecular complexity index is 1300. The average molecular weight is 416 g/mol. The van der Waals surface area contributed by atoms with Crippen molar-refractivity contribution >= 4 is 27.8 Å². The predicted octanol–water partition coefficient (Wildman–Crippen LogP) is 4.09. The van der Waals surface area contributed by atoms with Crippen LogP contribution in [0.25, 0.3) is 33.5 Å². The zero-order valence-corrected chi connectivity index (χ0v) is 18.4. The molecule has 1 amide bonds. The molecule has 2 aromatic heterocycles. The molecule has 2 aromatic carbocycles. The lowest BCUT2D eigenvalue weighted by atomic mass is 10.0. The average Bonchev–Trinajstić information content (AvgIpc) is 3.30. The van der Waals surface area contributed by atoms with Crippen molar-refractivity contribution in [3.63, 3.8) is 0 Å². The normalized spacial score (nSPS) is 17.0. The Hall–Kier alpha value is -3.12. The fourth-order valence-electron chi connectivity index (χ4n) is 4.90. The van der Waals surface area contributed by atoms with Gasteiger partial charge in [-0.2, -0.15) is 0 Å².